The van der Waals surface area contributed by atoms with Crippen molar-refractivity contribution in [3.8, 4) is 0 Å². The van der Waals surface area contributed by atoms with Crippen LogP contribution in [0.15, 0.2) is 42.5 Å². The maximum absolute atomic E-state index is 12.7. The summed E-state index contributed by atoms with van der Waals surface area (Å²) in [5.74, 6) is -1.25. The van der Waals surface area contributed by atoms with Gasteiger partial charge in [0, 0.05) is 36.3 Å². The molecule has 178 valence electrons. The van der Waals surface area contributed by atoms with E-state index in [1.807, 2.05) is 44.2 Å². The van der Waals surface area contributed by atoms with E-state index in [1.54, 1.807) is 17.0 Å². The maximum Gasteiger partial charge on any atom is 0.343 e. The molecule has 33 heavy (non-hydrogen) atoms. The molecule has 1 heterocycles. The molecule has 0 fully saturated rings. The SMILES string of the molecule is CCN1c2ccc(CC(C)NC[C@@H](O)c3cccc(Cl)c3)cc2CC1(C(=O)OC)C(=O)OC. The van der Waals surface area contributed by atoms with Crippen LogP contribution >= 0.6 is 11.6 Å². The van der Waals surface area contributed by atoms with Gasteiger partial charge in [-0.25, -0.2) is 9.59 Å². The van der Waals surface area contributed by atoms with Crippen molar-refractivity contribution in [2.45, 2.75) is 44.4 Å². The van der Waals surface area contributed by atoms with E-state index in [0.29, 0.717) is 24.5 Å². The lowest BCUT2D eigenvalue weighted by Gasteiger charge is -2.34. The second-order valence-electron chi connectivity index (χ2n) is 8.31. The summed E-state index contributed by atoms with van der Waals surface area (Å²) in [6, 6.07) is 13.2. The molecule has 2 atom stereocenters. The van der Waals surface area contributed by atoms with E-state index in [4.69, 9.17) is 21.1 Å². The van der Waals surface area contributed by atoms with Crippen LogP contribution in [0.5, 0.6) is 0 Å². The number of aliphatic hydroxyl groups is 1. The molecule has 8 heteroatoms. The Morgan fingerprint density at radius 3 is 2.48 bits per heavy atom. The van der Waals surface area contributed by atoms with Crippen molar-refractivity contribution in [1.82, 2.24) is 5.32 Å². The number of rotatable bonds is 9. The summed E-state index contributed by atoms with van der Waals surface area (Å²) in [4.78, 5) is 27.2. The number of benzene rings is 2. The molecule has 0 aliphatic carbocycles. The number of likely N-dealkylation sites (N-methyl/N-ethyl adjacent to an activating group) is 1. The molecule has 2 aromatic carbocycles. The number of hydrogen-bond donors (Lipinski definition) is 2. The van der Waals surface area contributed by atoms with E-state index < -0.39 is 23.6 Å². The Kier molecular flexibility index (Phi) is 8.00. The van der Waals surface area contributed by atoms with Crippen LogP contribution in [0.3, 0.4) is 0 Å². The highest BCUT2D eigenvalue weighted by molar-refractivity contribution is 6.30. The number of nitrogens with zero attached hydrogens (tertiary/aromatic N) is 1. The summed E-state index contributed by atoms with van der Waals surface area (Å²) in [7, 11) is 2.56. The largest absolute Gasteiger partial charge is 0.467 e. The number of carbonyl (C=O) groups is 2. The fourth-order valence-corrected chi connectivity index (χ4v) is 4.74. The van der Waals surface area contributed by atoms with Gasteiger partial charge < -0.3 is 24.8 Å². The summed E-state index contributed by atoms with van der Waals surface area (Å²) in [5, 5.41) is 14.4. The van der Waals surface area contributed by atoms with Crippen molar-refractivity contribution in [2.24, 2.45) is 0 Å². The van der Waals surface area contributed by atoms with Crippen molar-refractivity contribution in [3.63, 3.8) is 0 Å². The van der Waals surface area contributed by atoms with Crippen LogP contribution in [0.25, 0.3) is 0 Å². The van der Waals surface area contributed by atoms with Gasteiger partial charge in [0.15, 0.2) is 0 Å². The van der Waals surface area contributed by atoms with Crippen molar-refractivity contribution in [3.05, 3.63) is 64.2 Å². The van der Waals surface area contributed by atoms with E-state index >= 15 is 0 Å². The molecule has 0 amide bonds. The van der Waals surface area contributed by atoms with Gasteiger partial charge in [0.2, 0.25) is 5.54 Å². The van der Waals surface area contributed by atoms with Crippen molar-refractivity contribution in [1.29, 1.82) is 0 Å². The summed E-state index contributed by atoms with van der Waals surface area (Å²) < 4.78 is 9.99. The molecule has 1 aliphatic heterocycles. The normalized spacial score (nSPS) is 16.1. The molecular weight excluding hydrogens is 444 g/mol. The minimum atomic E-state index is -1.51. The van der Waals surface area contributed by atoms with Gasteiger partial charge in [-0.1, -0.05) is 35.9 Å². The third kappa shape index (κ3) is 5.00. The Bertz CT molecular complexity index is 996. The highest BCUT2D eigenvalue weighted by Gasteiger charge is 2.57. The quantitative estimate of drug-likeness (QED) is 0.426. The first-order valence-electron chi connectivity index (χ1n) is 11.0. The maximum atomic E-state index is 12.7. The average molecular weight is 475 g/mol. The van der Waals surface area contributed by atoms with E-state index in [-0.39, 0.29) is 12.5 Å². The summed E-state index contributed by atoms with van der Waals surface area (Å²) in [6.07, 6.45) is 0.244. The van der Waals surface area contributed by atoms with Crippen LogP contribution in [0.2, 0.25) is 5.02 Å². The summed E-state index contributed by atoms with van der Waals surface area (Å²) >= 11 is 6.01. The third-order valence-electron chi connectivity index (χ3n) is 6.14. The monoisotopic (exact) mass is 474 g/mol. The van der Waals surface area contributed by atoms with Crippen molar-refractivity contribution in [2.75, 3.05) is 32.2 Å². The molecule has 0 aromatic heterocycles. The fourth-order valence-electron chi connectivity index (χ4n) is 4.54. The van der Waals surface area contributed by atoms with Gasteiger partial charge in [-0.15, -0.1) is 0 Å². The highest BCUT2D eigenvalue weighted by Crippen LogP contribution is 2.41. The van der Waals surface area contributed by atoms with E-state index in [1.165, 1.54) is 14.2 Å². The Morgan fingerprint density at radius 2 is 1.88 bits per heavy atom. The van der Waals surface area contributed by atoms with Gasteiger partial charge in [0.25, 0.3) is 0 Å². The van der Waals surface area contributed by atoms with Gasteiger partial charge in [0.1, 0.15) is 0 Å². The zero-order valence-electron chi connectivity index (χ0n) is 19.4. The van der Waals surface area contributed by atoms with E-state index in [9.17, 15) is 14.7 Å². The third-order valence-corrected chi connectivity index (χ3v) is 6.37. The lowest BCUT2D eigenvalue weighted by atomic mass is 9.93. The second-order valence-corrected chi connectivity index (χ2v) is 8.75. The molecule has 0 saturated heterocycles. The molecule has 0 bridgehead atoms. The molecule has 7 nitrogen and oxygen atoms in total. The predicted molar refractivity (Wildman–Crippen MR) is 128 cm³/mol. The zero-order chi connectivity index (χ0) is 24.2. The molecule has 1 aliphatic rings. The second kappa shape index (κ2) is 10.5. The number of esters is 2. The van der Waals surface area contributed by atoms with Crippen LogP contribution < -0.4 is 10.2 Å². The Hall–Kier alpha value is -2.61. The number of fused-ring (bicyclic) bond motifs is 1. The number of ether oxygens (including phenoxy) is 2. The number of hydrogen-bond acceptors (Lipinski definition) is 7. The van der Waals surface area contributed by atoms with E-state index in [2.05, 4.69) is 5.32 Å². The minimum Gasteiger partial charge on any atom is -0.467 e. The van der Waals surface area contributed by atoms with Gasteiger partial charge in [-0.3, -0.25) is 0 Å². The van der Waals surface area contributed by atoms with E-state index in [0.717, 1.165) is 22.4 Å². The van der Waals surface area contributed by atoms with Crippen LogP contribution in [0.1, 0.15) is 36.6 Å². The van der Waals surface area contributed by atoms with Crippen LogP contribution in [-0.4, -0.2) is 55.9 Å². The average Bonchev–Trinajstić information content (AvgIpc) is 3.15. The van der Waals surface area contributed by atoms with Crippen LogP contribution in [0.4, 0.5) is 5.69 Å². The zero-order valence-corrected chi connectivity index (χ0v) is 20.2. The Balaban J connectivity index is 1.72. The number of aliphatic hydroxyl groups excluding tert-OH is 1. The number of anilines is 1. The summed E-state index contributed by atoms with van der Waals surface area (Å²) in [6.45, 7) is 4.78. The predicted octanol–water partition coefficient (Wildman–Crippen LogP) is 3.06. The lowest BCUT2D eigenvalue weighted by Crippen LogP contribution is -2.60. The molecule has 0 spiro atoms. The first-order chi connectivity index (χ1) is 15.8. The standard InChI is InChI=1S/C25H31ClN2O5/c1-5-28-21-10-9-17(12-19(21)14-25(28,23(30)32-3)24(31)33-4)11-16(2)27-15-22(29)18-7-6-8-20(26)13-18/h6-10,12-13,16,22,27,29H,5,11,14-15H2,1-4H3/t16?,22-/m1/s1. The first-order valence-corrected chi connectivity index (χ1v) is 11.4. The number of nitrogens with one attached hydrogen (secondary N) is 1. The molecule has 0 saturated carbocycles. The first kappa shape index (κ1) is 25.0. The van der Waals surface area contributed by atoms with Gasteiger partial charge in [0.05, 0.1) is 20.3 Å². The Labute approximate surface area is 199 Å². The van der Waals surface area contributed by atoms with Crippen LogP contribution in [-0.2, 0) is 31.9 Å². The molecule has 3 rings (SSSR count). The molecule has 2 aromatic rings. The molecular formula is C25H31ClN2O5. The lowest BCUT2D eigenvalue weighted by molar-refractivity contribution is -0.160. The molecule has 0 radical (unpaired) electrons. The van der Waals surface area contributed by atoms with Crippen molar-refractivity contribution >= 4 is 29.2 Å². The molecule has 2 N–H and O–H groups in total. The van der Waals surface area contributed by atoms with Gasteiger partial charge in [-0.05, 0) is 55.2 Å². The highest BCUT2D eigenvalue weighted by atomic mass is 35.5. The van der Waals surface area contributed by atoms with Crippen LogP contribution in [0, 0.1) is 0 Å². The van der Waals surface area contributed by atoms with Gasteiger partial charge in [-0.2, -0.15) is 0 Å². The number of methoxy groups -OCH3 is 2. The van der Waals surface area contributed by atoms with Crippen molar-refractivity contribution < 1.29 is 24.2 Å². The number of halogens is 1. The molecule has 1 unspecified atom stereocenters. The number of carbonyl (C=O) groups excluding carboxylic acids is 2. The van der Waals surface area contributed by atoms with Gasteiger partial charge >= 0.3 is 11.9 Å². The summed E-state index contributed by atoms with van der Waals surface area (Å²) in [5.41, 5.74) is 2.05. The smallest absolute Gasteiger partial charge is 0.343 e. The fraction of sp³-hybridized carbons (Fsp3) is 0.440. The Morgan fingerprint density at radius 1 is 1.18 bits per heavy atom. The minimum absolute atomic E-state index is 0.0894. The topological polar surface area (TPSA) is 88.1 Å².